The normalized spacial score (nSPS) is 19.2. The maximum atomic E-state index is 13.6. The van der Waals surface area contributed by atoms with Gasteiger partial charge in [0.25, 0.3) is 0 Å². The van der Waals surface area contributed by atoms with Crippen molar-refractivity contribution < 1.29 is 14.3 Å². The second-order valence-corrected chi connectivity index (χ2v) is 8.13. The van der Waals surface area contributed by atoms with Gasteiger partial charge in [-0.15, -0.1) is 0 Å². The maximum Gasteiger partial charge on any atom is 0.306 e. The number of benzene rings is 1. The lowest BCUT2D eigenvalue weighted by Gasteiger charge is -2.33. The molecule has 1 aromatic carbocycles. The number of carboxylic acids is 1. The topological polar surface area (TPSA) is 83.8 Å². The van der Waals surface area contributed by atoms with Gasteiger partial charge in [-0.2, -0.15) is 5.10 Å². The summed E-state index contributed by atoms with van der Waals surface area (Å²) in [4.78, 5) is 16.2. The Morgan fingerprint density at radius 2 is 2.00 bits per heavy atom. The van der Waals surface area contributed by atoms with E-state index < -0.39 is 5.97 Å². The number of aliphatic carboxylic acids is 1. The zero-order chi connectivity index (χ0) is 20.3. The zero-order valence-electron chi connectivity index (χ0n) is 16.2. The van der Waals surface area contributed by atoms with Gasteiger partial charge < -0.3 is 9.67 Å². The Kier molecular flexibility index (Phi) is 3.94. The predicted molar refractivity (Wildman–Crippen MR) is 108 cm³/mol. The van der Waals surface area contributed by atoms with E-state index in [-0.39, 0.29) is 23.6 Å². The number of H-pyrrole nitrogens is 1. The van der Waals surface area contributed by atoms with Crippen LogP contribution in [0.3, 0.4) is 0 Å². The highest BCUT2D eigenvalue weighted by molar-refractivity contribution is 5.94. The van der Waals surface area contributed by atoms with E-state index in [0.717, 1.165) is 33.4 Å². The standard InChI is InChI=1S/C22H21FN4O2/c1-11(2)20-18(12-7-13(8-12)22(28)29)19-17(9-14-10-24-26-21(14)25-19)27(20)16-5-3-15(23)4-6-16/h3-6,9-13H,7-8H2,1-2H3,(H,28,29)(H,24,25,26). The van der Waals surface area contributed by atoms with Crippen molar-refractivity contribution in [3.8, 4) is 5.69 Å². The first-order valence-corrected chi connectivity index (χ1v) is 9.81. The molecule has 1 aliphatic carbocycles. The van der Waals surface area contributed by atoms with Gasteiger partial charge in [0.2, 0.25) is 0 Å². The van der Waals surface area contributed by atoms with Gasteiger partial charge in [-0.25, -0.2) is 9.37 Å². The number of aromatic amines is 1. The summed E-state index contributed by atoms with van der Waals surface area (Å²) >= 11 is 0. The molecule has 148 valence electrons. The Balaban J connectivity index is 1.81. The van der Waals surface area contributed by atoms with Crippen molar-refractivity contribution >= 4 is 28.0 Å². The molecule has 0 atom stereocenters. The molecule has 7 heteroatoms. The van der Waals surface area contributed by atoms with Crippen LogP contribution >= 0.6 is 0 Å². The van der Waals surface area contributed by atoms with Crippen molar-refractivity contribution in [1.29, 1.82) is 0 Å². The summed E-state index contributed by atoms with van der Waals surface area (Å²) in [6.07, 6.45) is 2.96. The van der Waals surface area contributed by atoms with E-state index in [2.05, 4.69) is 28.6 Å². The Labute approximate surface area is 166 Å². The van der Waals surface area contributed by atoms with Gasteiger partial charge in [0.05, 0.1) is 23.1 Å². The van der Waals surface area contributed by atoms with Gasteiger partial charge in [0.1, 0.15) is 5.82 Å². The maximum absolute atomic E-state index is 13.6. The molecule has 0 saturated heterocycles. The number of nitrogens with one attached hydrogen (secondary N) is 1. The van der Waals surface area contributed by atoms with Crippen molar-refractivity contribution in [3.05, 3.63) is 53.6 Å². The smallest absolute Gasteiger partial charge is 0.306 e. The summed E-state index contributed by atoms with van der Waals surface area (Å²) in [5.74, 6) is -0.996. The first-order chi connectivity index (χ1) is 13.9. The van der Waals surface area contributed by atoms with Crippen molar-refractivity contribution in [2.75, 3.05) is 0 Å². The molecule has 0 spiro atoms. The first-order valence-electron chi connectivity index (χ1n) is 9.81. The minimum atomic E-state index is -0.737. The lowest BCUT2D eigenvalue weighted by molar-refractivity contribution is -0.145. The molecular formula is C22H21FN4O2. The summed E-state index contributed by atoms with van der Waals surface area (Å²) in [5, 5.41) is 17.3. The van der Waals surface area contributed by atoms with Gasteiger partial charge in [-0.1, -0.05) is 13.8 Å². The molecule has 1 saturated carbocycles. The Bertz CT molecular complexity index is 1230. The molecular weight excluding hydrogens is 371 g/mol. The summed E-state index contributed by atoms with van der Waals surface area (Å²) in [6, 6.07) is 8.50. The molecule has 3 heterocycles. The molecule has 3 aromatic heterocycles. The Morgan fingerprint density at radius 1 is 1.28 bits per heavy atom. The Morgan fingerprint density at radius 3 is 2.66 bits per heavy atom. The van der Waals surface area contributed by atoms with Crippen LogP contribution in [0.1, 0.15) is 49.8 Å². The number of halogens is 1. The van der Waals surface area contributed by atoms with Crippen LogP contribution in [-0.2, 0) is 4.79 Å². The van der Waals surface area contributed by atoms with Crippen LogP contribution in [0, 0.1) is 11.7 Å². The van der Waals surface area contributed by atoms with Crippen LogP contribution in [0.5, 0.6) is 0 Å². The van der Waals surface area contributed by atoms with E-state index in [9.17, 15) is 14.3 Å². The summed E-state index contributed by atoms with van der Waals surface area (Å²) in [7, 11) is 0. The number of carbonyl (C=O) groups is 1. The highest BCUT2D eigenvalue weighted by atomic mass is 19.1. The average Bonchev–Trinajstić information content (AvgIpc) is 3.21. The minimum absolute atomic E-state index is 0.144. The average molecular weight is 392 g/mol. The fraction of sp³-hybridized carbons (Fsp3) is 0.318. The molecule has 5 rings (SSSR count). The molecule has 0 unspecified atom stereocenters. The van der Waals surface area contributed by atoms with E-state index in [0.29, 0.717) is 18.5 Å². The fourth-order valence-corrected chi connectivity index (χ4v) is 4.50. The van der Waals surface area contributed by atoms with Gasteiger partial charge in [0, 0.05) is 22.3 Å². The molecule has 0 radical (unpaired) electrons. The second kappa shape index (κ2) is 6.40. The molecule has 29 heavy (non-hydrogen) atoms. The second-order valence-electron chi connectivity index (χ2n) is 8.13. The van der Waals surface area contributed by atoms with Crippen LogP contribution < -0.4 is 0 Å². The predicted octanol–water partition coefficient (Wildman–Crippen LogP) is 4.74. The molecule has 0 bridgehead atoms. The van der Waals surface area contributed by atoms with E-state index in [1.165, 1.54) is 12.1 Å². The first kappa shape index (κ1) is 17.8. The number of nitrogens with zero attached hydrogens (tertiary/aromatic N) is 3. The Hall–Kier alpha value is -3.22. The minimum Gasteiger partial charge on any atom is -0.481 e. The van der Waals surface area contributed by atoms with Gasteiger partial charge in [-0.3, -0.25) is 9.89 Å². The molecule has 0 amide bonds. The largest absolute Gasteiger partial charge is 0.481 e. The zero-order valence-corrected chi connectivity index (χ0v) is 16.2. The SMILES string of the molecule is CC(C)c1c(C2CC(C(=O)O)C2)c2nc3[nH]ncc3cc2n1-c1ccc(F)cc1. The number of aromatic nitrogens is 4. The van der Waals surface area contributed by atoms with E-state index >= 15 is 0 Å². The van der Waals surface area contributed by atoms with Crippen LogP contribution in [-0.4, -0.2) is 30.8 Å². The molecule has 1 aliphatic rings. The lowest BCUT2D eigenvalue weighted by Crippen LogP contribution is -2.29. The highest BCUT2D eigenvalue weighted by Crippen LogP contribution is 2.48. The number of hydrogen-bond acceptors (Lipinski definition) is 3. The van der Waals surface area contributed by atoms with Crippen LogP contribution in [0.2, 0.25) is 0 Å². The third kappa shape index (κ3) is 2.72. The molecule has 0 aliphatic heterocycles. The van der Waals surface area contributed by atoms with Crippen molar-refractivity contribution in [3.63, 3.8) is 0 Å². The number of hydrogen-bond donors (Lipinski definition) is 2. The van der Waals surface area contributed by atoms with E-state index in [1.807, 2.05) is 6.07 Å². The van der Waals surface area contributed by atoms with Crippen LogP contribution in [0.4, 0.5) is 4.39 Å². The summed E-state index contributed by atoms with van der Waals surface area (Å²) in [5.41, 5.74) is 5.58. The molecule has 6 nitrogen and oxygen atoms in total. The van der Waals surface area contributed by atoms with Gasteiger partial charge in [0.15, 0.2) is 5.65 Å². The van der Waals surface area contributed by atoms with E-state index in [4.69, 9.17) is 4.98 Å². The summed E-state index contributed by atoms with van der Waals surface area (Å²) < 4.78 is 15.7. The van der Waals surface area contributed by atoms with Gasteiger partial charge in [-0.05, 0) is 55.0 Å². The summed E-state index contributed by atoms with van der Waals surface area (Å²) in [6.45, 7) is 4.25. The number of carboxylic acid groups (broad SMARTS) is 1. The quantitative estimate of drug-likeness (QED) is 0.525. The van der Waals surface area contributed by atoms with E-state index in [1.54, 1.807) is 18.3 Å². The number of pyridine rings is 1. The van der Waals surface area contributed by atoms with Gasteiger partial charge >= 0.3 is 5.97 Å². The molecule has 1 fully saturated rings. The highest BCUT2D eigenvalue weighted by Gasteiger charge is 2.39. The molecule has 2 N–H and O–H groups in total. The third-order valence-corrected chi connectivity index (χ3v) is 5.95. The van der Waals surface area contributed by atoms with Crippen molar-refractivity contribution in [1.82, 2.24) is 19.7 Å². The van der Waals surface area contributed by atoms with Crippen LogP contribution in [0.15, 0.2) is 36.5 Å². The van der Waals surface area contributed by atoms with Crippen molar-refractivity contribution in [2.45, 2.75) is 38.5 Å². The third-order valence-electron chi connectivity index (χ3n) is 5.95. The van der Waals surface area contributed by atoms with Crippen molar-refractivity contribution in [2.24, 2.45) is 5.92 Å². The lowest BCUT2D eigenvalue weighted by atomic mass is 9.70. The number of fused-ring (bicyclic) bond motifs is 2. The fourth-order valence-electron chi connectivity index (χ4n) is 4.50. The van der Waals surface area contributed by atoms with Crippen LogP contribution in [0.25, 0.3) is 27.8 Å². The molecule has 4 aromatic rings. The monoisotopic (exact) mass is 392 g/mol. The number of rotatable bonds is 4.